The van der Waals surface area contributed by atoms with Gasteiger partial charge in [-0.3, -0.25) is 24.5 Å². The lowest BCUT2D eigenvalue weighted by atomic mass is 10.0. The number of hydrogen-bond acceptors (Lipinski definition) is 12. The van der Waals surface area contributed by atoms with E-state index in [-0.39, 0.29) is 12.2 Å². The molecule has 0 aromatic heterocycles. The summed E-state index contributed by atoms with van der Waals surface area (Å²) in [5.74, 6) is 0. The van der Waals surface area contributed by atoms with Crippen molar-refractivity contribution in [3.05, 3.63) is 0 Å². The van der Waals surface area contributed by atoms with Crippen LogP contribution in [-0.4, -0.2) is 204 Å². The Morgan fingerprint density at radius 3 is 0.704 bits per heavy atom. The minimum absolute atomic E-state index is 0.00940. The van der Waals surface area contributed by atoms with E-state index < -0.39 is 30.5 Å². The molecule has 7 atom stereocenters. The van der Waals surface area contributed by atoms with Crippen molar-refractivity contribution in [2.75, 3.05) is 111 Å². The predicted molar refractivity (Wildman–Crippen MR) is 425 cm³/mol. The normalized spacial score (nSPS) is 15.7. The van der Waals surface area contributed by atoms with Crippen LogP contribution in [-0.2, 0) is 9.47 Å². The van der Waals surface area contributed by atoms with Crippen LogP contribution in [0.3, 0.4) is 0 Å². The molecule has 0 saturated carbocycles. The minimum Gasteiger partial charge on any atom is -0.392 e. The Bertz CT molecular complexity index is 1480. The average Bonchev–Trinajstić information content (AvgIpc) is 1.17. The van der Waals surface area contributed by atoms with Crippen LogP contribution < -0.4 is 0 Å². The van der Waals surface area contributed by atoms with Gasteiger partial charge in [-0.15, -0.1) is 0 Å². The lowest BCUT2D eigenvalue weighted by molar-refractivity contribution is -0.0234. The first-order valence-electron chi connectivity index (χ1n) is 44.2. The highest BCUT2D eigenvalue weighted by molar-refractivity contribution is 4.82. The maximum atomic E-state index is 11.8. The molecule has 1 saturated heterocycles. The third-order valence-corrected chi connectivity index (χ3v) is 21.6. The van der Waals surface area contributed by atoms with E-state index in [0.717, 1.165) is 110 Å². The molecule has 0 aliphatic carbocycles. The van der Waals surface area contributed by atoms with Crippen LogP contribution in [0.5, 0.6) is 0 Å². The van der Waals surface area contributed by atoms with E-state index in [4.69, 9.17) is 9.47 Å². The molecule has 98 heavy (non-hydrogen) atoms. The monoisotopic (exact) mass is 1390 g/mol. The molecule has 1 rings (SSSR count). The van der Waals surface area contributed by atoms with E-state index in [1.165, 1.54) is 289 Å². The number of piperazine rings is 1. The van der Waals surface area contributed by atoms with Gasteiger partial charge in [0.15, 0.2) is 0 Å². The minimum atomic E-state index is -0.440. The largest absolute Gasteiger partial charge is 0.392 e. The van der Waals surface area contributed by atoms with E-state index in [9.17, 15) is 25.5 Å². The highest BCUT2D eigenvalue weighted by Gasteiger charge is 2.28. The molecular formula is C86H177N5O7. The Morgan fingerprint density at radius 2 is 0.449 bits per heavy atom. The molecule has 12 heteroatoms. The summed E-state index contributed by atoms with van der Waals surface area (Å²) in [4.78, 5) is 12.4. The molecule has 0 aromatic rings. The molecule has 0 aromatic carbocycles. The summed E-state index contributed by atoms with van der Waals surface area (Å²) < 4.78 is 13.2. The van der Waals surface area contributed by atoms with Crippen LogP contribution in [0.1, 0.15) is 402 Å². The van der Waals surface area contributed by atoms with Crippen LogP contribution in [0.4, 0.5) is 0 Å². The Kier molecular flexibility index (Phi) is 71.6. The molecule has 1 fully saturated rings. The topological polar surface area (TPSA) is 136 Å². The fraction of sp³-hybridized carbons (Fsp3) is 1.00. The van der Waals surface area contributed by atoms with Crippen LogP contribution >= 0.6 is 0 Å². The number of unbranched alkanes of at least 4 members (excludes halogenated alkanes) is 45. The van der Waals surface area contributed by atoms with Crippen LogP contribution in [0.25, 0.3) is 0 Å². The standard InChI is InChI=1S/C86H177N5O7/c1-8-15-20-25-30-35-40-45-50-55-60-80(92)71-89(77-86(98-14-7)79-91(74-83(95)63-58-53-48-43-38-33-28-23-18-11-4)75-84(96)64-59-54-49-44-39-34-29-24-19-12-5)70-67-87-65-68-88(69-66-87)76-85(97-13-6)78-90(72-81(93)61-56-51-46-41-36-31-26-21-16-9-2)73-82(94)62-57-52-47-42-37-32-27-22-17-10-3/h80-86,92-96H,8-79H2,1-7H3. The van der Waals surface area contributed by atoms with Gasteiger partial charge in [-0.2, -0.15) is 0 Å². The third-order valence-electron chi connectivity index (χ3n) is 21.6. The maximum Gasteiger partial charge on any atom is 0.0828 e. The Labute approximate surface area is 612 Å². The second-order valence-corrected chi connectivity index (χ2v) is 31.6. The van der Waals surface area contributed by atoms with Crippen molar-refractivity contribution in [2.24, 2.45) is 0 Å². The zero-order valence-electron chi connectivity index (χ0n) is 67.2. The fourth-order valence-electron chi connectivity index (χ4n) is 15.4. The predicted octanol–water partition coefficient (Wildman–Crippen LogP) is 20.7. The molecule has 12 nitrogen and oxygen atoms in total. The van der Waals surface area contributed by atoms with Gasteiger partial charge in [0.25, 0.3) is 0 Å². The average molecular weight is 1390 g/mol. The SMILES string of the molecule is CCCCCCCCCCCCC(O)CN(CCN1CCN(CC(CN(CC(O)CCCCCCCCCCCC)CC(O)CCCCCCCCCCCC)OCC)CC1)CC(CN(CC(O)CCCCCCCCCCCC)CC(O)CCCCCCCCCCCC)OCC. The zero-order chi connectivity index (χ0) is 71.3. The van der Waals surface area contributed by atoms with E-state index in [1.807, 2.05) is 0 Å². The third kappa shape index (κ3) is 62.9. The van der Waals surface area contributed by atoms with Gasteiger partial charge in [0, 0.05) is 111 Å². The van der Waals surface area contributed by atoms with Crippen LogP contribution in [0.2, 0.25) is 0 Å². The summed E-state index contributed by atoms with van der Waals surface area (Å²) in [5.41, 5.74) is 0. The Hall–Kier alpha value is -0.480. The van der Waals surface area contributed by atoms with Gasteiger partial charge in [-0.05, 0) is 46.0 Å². The molecule has 1 aliphatic heterocycles. The summed E-state index contributed by atoms with van der Waals surface area (Å²) in [6.45, 7) is 28.3. The molecule has 1 aliphatic rings. The molecule has 0 radical (unpaired) electrons. The first-order chi connectivity index (χ1) is 48.0. The molecule has 5 N–H and O–H groups in total. The van der Waals surface area contributed by atoms with Gasteiger partial charge in [0.1, 0.15) is 0 Å². The van der Waals surface area contributed by atoms with Crippen molar-refractivity contribution in [1.29, 1.82) is 0 Å². The van der Waals surface area contributed by atoms with E-state index in [0.29, 0.717) is 65.6 Å². The fourth-order valence-corrected chi connectivity index (χ4v) is 15.4. The van der Waals surface area contributed by atoms with Gasteiger partial charge >= 0.3 is 0 Å². The molecular weight excluding hydrogens is 1210 g/mol. The second kappa shape index (κ2) is 73.4. The van der Waals surface area contributed by atoms with Gasteiger partial charge in [-0.25, -0.2) is 0 Å². The number of aliphatic hydroxyl groups is 5. The van der Waals surface area contributed by atoms with Gasteiger partial charge in [0.2, 0.25) is 0 Å². The summed E-state index contributed by atoms with van der Waals surface area (Å²) in [7, 11) is 0. The molecule has 7 unspecified atom stereocenters. The summed E-state index contributed by atoms with van der Waals surface area (Å²) in [6, 6.07) is 0. The number of rotatable bonds is 80. The smallest absolute Gasteiger partial charge is 0.0828 e. The summed E-state index contributed by atoms with van der Waals surface area (Å²) in [6.07, 6.45) is 66.1. The molecule has 1 heterocycles. The van der Waals surface area contributed by atoms with Gasteiger partial charge < -0.3 is 35.0 Å². The lowest BCUT2D eigenvalue weighted by Gasteiger charge is -2.39. The van der Waals surface area contributed by atoms with Gasteiger partial charge in [0.05, 0.1) is 42.7 Å². The Balaban J connectivity index is 3.17. The first kappa shape index (κ1) is 95.5. The highest BCUT2D eigenvalue weighted by Crippen LogP contribution is 2.21. The number of aliphatic hydroxyl groups excluding tert-OH is 5. The van der Waals surface area contributed by atoms with Crippen LogP contribution in [0, 0.1) is 0 Å². The second-order valence-electron chi connectivity index (χ2n) is 31.6. The van der Waals surface area contributed by atoms with Crippen molar-refractivity contribution in [3.8, 4) is 0 Å². The van der Waals surface area contributed by atoms with Crippen molar-refractivity contribution in [2.45, 2.75) is 444 Å². The quantitative estimate of drug-likeness (QED) is 0.0371. The van der Waals surface area contributed by atoms with E-state index in [2.05, 4.69) is 73.0 Å². The number of hydrogen-bond donors (Lipinski definition) is 5. The zero-order valence-corrected chi connectivity index (χ0v) is 67.2. The van der Waals surface area contributed by atoms with Crippen molar-refractivity contribution >= 4 is 0 Å². The van der Waals surface area contributed by atoms with E-state index >= 15 is 0 Å². The maximum absolute atomic E-state index is 11.8. The number of nitrogens with zero attached hydrogens (tertiary/aromatic N) is 5. The molecule has 0 bridgehead atoms. The van der Waals surface area contributed by atoms with Gasteiger partial charge in [-0.1, -0.05) is 356 Å². The summed E-state index contributed by atoms with van der Waals surface area (Å²) in [5, 5.41) is 58.3. The van der Waals surface area contributed by atoms with Crippen molar-refractivity contribution in [3.63, 3.8) is 0 Å². The molecule has 0 spiro atoms. The first-order valence-corrected chi connectivity index (χ1v) is 44.2. The summed E-state index contributed by atoms with van der Waals surface area (Å²) >= 11 is 0. The Morgan fingerprint density at radius 1 is 0.245 bits per heavy atom. The molecule has 588 valence electrons. The lowest BCUT2D eigenvalue weighted by Crippen LogP contribution is -2.53. The highest BCUT2D eigenvalue weighted by atomic mass is 16.5. The van der Waals surface area contributed by atoms with Crippen LogP contribution in [0.15, 0.2) is 0 Å². The van der Waals surface area contributed by atoms with E-state index in [1.54, 1.807) is 0 Å². The molecule has 0 amide bonds. The number of ether oxygens (including phenoxy) is 2. The van der Waals surface area contributed by atoms with Crippen molar-refractivity contribution in [1.82, 2.24) is 24.5 Å². The van der Waals surface area contributed by atoms with Crippen molar-refractivity contribution < 1.29 is 35.0 Å².